The molecular formula is C13H19N5S. The lowest BCUT2D eigenvalue weighted by Crippen LogP contribution is -2.09. The third-order valence-electron chi connectivity index (χ3n) is 2.84. The summed E-state index contributed by atoms with van der Waals surface area (Å²) in [6.07, 6.45) is 2.73. The Kier molecular flexibility index (Phi) is 4.79. The molecule has 0 aliphatic heterocycles. The van der Waals surface area contributed by atoms with Gasteiger partial charge in [-0.15, -0.1) is 16.4 Å². The first kappa shape index (κ1) is 13.9. The molecule has 19 heavy (non-hydrogen) atoms. The fraction of sp³-hybridized carbons (Fsp3) is 0.538. The van der Waals surface area contributed by atoms with Gasteiger partial charge in [-0.1, -0.05) is 20.8 Å². The molecule has 102 valence electrons. The molecule has 2 aromatic rings. The summed E-state index contributed by atoms with van der Waals surface area (Å²) in [5.74, 6) is 0.583. The van der Waals surface area contributed by atoms with E-state index in [9.17, 15) is 0 Å². The van der Waals surface area contributed by atoms with Crippen molar-refractivity contribution >= 4 is 17.3 Å². The van der Waals surface area contributed by atoms with Crippen molar-refractivity contribution < 1.29 is 0 Å². The van der Waals surface area contributed by atoms with E-state index in [1.54, 1.807) is 11.3 Å². The van der Waals surface area contributed by atoms with Gasteiger partial charge in [0.05, 0.1) is 28.6 Å². The lowest BCUT2D eigenvalue weighted by Gasteiger charge is -2.06. The predicted octanol–water partition coefficient (Wildman–Crippen LogP) is 2.63. The molecule has 0 unspecified atom stereocenters. The summed E-state index contributed by atoms with van der Waals surface area (Å²) in [6.45, 7) is 6.91. The Hall–Kier alpha value is -1.56. The van der Waals surface area contributed by atoms with E-state index >= 15 is 0 Å². The van der Waals surface area contributed by atoms with Crippen LogP contribution in [0.15, 0.2) is 5.38 Å². The summed E-state index contributed by atoms with van der Waals surface area (Å²) < 4.78 is 0. The van der Waals surface area contributed by atoms with Crippen LogP contribution in [-0.4, -0.2) is 20.2 Å². The van der Waals surface area contributed by atoms with E-state index in [2.05, 4.69) is 51.6 Å². The summed E-state index contributed by atoms with van der Waals surface area (Å²) in [5.41, 5.74) is 3.03. The molecule has 0 aliphatic carbocycles. The van der Waals surface area contributed by atoms with E-state index in [0.29, 0.717) is 12.5 Å². The van der Waals surface area contributed by atoms with Gasteiger partial charge in [0.1, 0.15) is 0 Å². The number of aromatic nitrogens is 4. The lowest BCUT2D eigenvalue weighted by molar-refractivity contribution is 0.817. The van der Waals surface area contributed by atoms with Gasteiger partial charge in [0.15, 0.2) is 0 Å². The summed E-state index contributed by atoms with van der Waals surface area (Å²) in [7, 11) is 0. The van der Waals surface area contributed by atoms with E-state index in [4.69, 9.17) is 0 Å². The SMILES string of the molecule is CCc1nc(CNc2nnc(CC)c(CC)n2)cs1. The van der Waals surface area contributed by atoms with Crippen molar-refractivity contribution in [3.05, 3.63) is 27.5 Å². The fourth-order valence-corrected chi connectivity index (χ4v) is 2.52. The second kappa shape index (κ2) is 6.56. The highest BCUT2D eigenvalue weighted by atomic mass is 32.1. The second-order valence-corrected chi connectivity index (χ2v) is 5.12. The van der Waals surface area contributed by atoms with Crippen LogP contribution in [0.4, 0.5) is 5.95 Å². The number of hydrogen-bond acceptors (Lipinski definition) is 6. The van der Waals surface area contributed by atoms with Crippen molar-refractivity contribution in [2.75, 3.05) is 5.32 Å². The Morgan fingerprint density at radius 1 is 1.00 bits per heavy atom. The molecule has 0 aliphatic rings. The maximum absolute atomic E-state index is 4.50. The Bertz CT molecular complexity index is 538. The van der Waals surface area contributed by atoms with E-state index < -0.39 is 0 Å². The van der Waals surface area contributed by atoms with Crippen LogP contribution in [0.2, 0.25) is 0 Å². The van der Waals surface area contributed by atoms with Gasteiger partial charge >= 0.3 is 0 Å². The normalized spacial score (nSPS) is 10.7. The zero-order chi connectivity index (χ0) is 13.7. The van der Waals surface area contributed by atoms with Gasteiger partial charge in [0.25, 0.3) is 0 Å². The number of rotatable bonds is 6. The third-order valence-corrected chi connectivity index (χ3v) is 3.88. The number of aryl methyl sites for hydroxylation is 3. The molecule has 1 N–H and O–H groups in total. The van der Waals surface area contributed by atoms with Gasteiger partial charge in [-0.05, 0) is 19.3 Å². The zero-order valence-electron chi connectivity index (χ0n) is 11.6. The topological polar surface area (TPSA) is 63.6 Å². The number of nitrogens with one attached hydrogen (secondary N) is 1. The predicted molar refractivity (Wildman–Crippen MR) is 77.4 cm³/mol. The molecule has 2 heterocycles. The second-order valence-electron chi connectivity index (χ2n) is 4.18. The van der Waals surface area contributed by atoms with Crippen molar-refractivity contribution in [1.82, 2.24) is 20.2 Å². The van der Waals surface area contributed by atoms with Crippen LogP contribution in [0.25, 0.3) is 0 Å². The largest absolute Gasteiger partial charge is 0.347 e. The number of hydrogen-bond donors (Lipinski definition) is 1. The monoisotopic (exact) mass is 277 g/mol. The Morgan fingerprint density at radius 3 is 2.42 bits per heavy atom. The van der Waals surface area contributed by atoms with Crippen LogP contribution in [0.3, 0.4) is 0 Å². The summed E-state index contributed by atoms with van der Waals surface area (Å²) in [5, 5.41) is 14.7. The third kappa shape index (κ3) is 3.47. The highest BCUT2D eigenvalue weighted by Gasteiger charge is 2.06. The molecule has 2 aromatic heterocycles. The van der Waals surface area contributed by atoms with Crippen molar-refractivity contribution in [2.24, 2.45) is 0 Å². The molecule has 0 bridgehead atoms. The van der Waals surface area contributed by atoms with Crippen molar-refractivity contribution in [3.8, 4) is 0 Å². The Morgan fingerprint density at radius 2 is 1.79 bits per heavy atom. The first-order valence-corrected chi connectivity index (χ1v) is 7.54. The van der Waals surface area contributed by atoms with Gasteiger partial charge < -0.3 is 5.32 Å². The molecule has 5 nitrogen and oxygen atoms in total. The molecule has 0 aromatic carbocycles. The van der Waals surface area contributed by atoms with Crippen LogP contribution in [-0.2, 0) is 25.8 Å². The minimum Gasteiger partial charge on any atom is -0.347 e. The zero-order valence-corrected chi connectivity index (χ0v) is 12.4. The van der Waals surface area contributed by atoms with E-state index in [0.717, 1.165) is 41.4 Å². The highest BCUT2D eigenvalue weighted by molar-refractivity contribution is 7.09. The molecule has 0 saturated heterocycles. The first-order valence-electron chi connectivity index (χ1n) is 6.66. The molecule has 6 heteroatoms. The van der Waals surface area contributed by atoms with Gasteiger partial charge in [0, 0.05) is 5.38 Å². The average molecular weight is 277 g/mol. The Balaban J connectivity index is 2.03. The molecule has 2 rings (SSSR count). The Labute approximate surface area is 117 Å². The highest BCUT2D eigenvalue weighted by Crippen LogP contribution is 2.12. The van der Waals surface area contributed by atoms with Crippen LogP contribution in [0.5, 0.6) is 0 Å². The van der Waals surface area contributed by atoms with Gasteiger partial charge in [0.2, 0.25) is 5.95 Å². The van der Waals surface area contributed by atoms with Crippen molar-refractivity contribution in [2.45, 2.75) is 46.6 Å². The molecule has 0 spiro atoms. The maximum atomic E-state index is 4.50. The van der Waals surface area contributed by atoms with E-state index in [-0.39, 0.29) is 0 Å². The summed E-state index contributed by atoms with van der Waals surface area (Å²) >= 11 is 1.69. The van der Waals surface area contributed by atoms with Crippen molar-refractivity contribution in [1.29, 1.82) is 0 Å². The standard InChI is InChI=1S/C13H19N5S/c1-4-10-11(5-2)17-18-13(16-10)14-7-9-8-19-12(6-3)15-9/h8H,4-7H2,1-3H3,(H,14,16,18). The van der Waals surface area contributed by atoms with E-state index in [1.807, 2.05) is 0 Å². The summed E-state index contributed by atoms with van der Waals surface area (Å²) in [4.78, 5) is 9.00. The molecular weight excluding hydrogens is 258 g/mol. The van der Waals surface area contributed by atoms with Gasteiger partial charge in [-0.2, -0.15) is 5.10 Å². The van der Waals surface area contributed by atoms with E-state index in [1.165, 1.54) is 0 Å². The quantitative estimate of drug-likeness (QED) is 0.879. The molecule has 0 atom stereocenters. The minimum absolute atomic E-state index is 0.583. The van der Waals surface area contributed by atoms with Gasteiger partial charge in [-0.25, -0.2) is 9.97 Å². The smallest absolute Gasteiger partial charge is 0.243 e. The lowest BCUT2D eigenvalue weighted by atomic mass is 10.2. The minimum atomic E-state index is 0.583. The fourth-order valence-electron chi connectivity index (χ4n) is 1.78. The van der Waals surface area contributed by atoms with Crippen LogP contribution in [0, 0.1) is 0 Å². The van der Waals surface area contributed by atoms with Gasteiger partial charge in [-0.3, -0.25) is 0 Å². The number of thiazole rings is 1. The van der Waals surface area contributed by atoms with Crippen LogP contribution < -0.4 is 5.32 Å². The van der Waals surface area contributed by atoms with Crippen LogP contribution >= 0.6 is 11.3 Å². The number of nitrogens with zero attached hydrogens (tertiary/aromatic N) is 4. The maximum Gasteiger partial charge on any atom is 0.243 e. The molecule has 0 amide bonds. The number of anilines is 1. The molecule has 0 saturated carbocycles. The van der Waals surface area contributed by atoms with Crippen LogP contribution in [0.1, 0.15) is 42.9 Å². The molecule has 0 fully saturated rings. The summed E-state index contributed by atoms with van der Waals surface area (Å²) in [6, 6.07) is 0. The first-order chi connectivity index (χ1) is 9.26. The molecule has 0 radical (unpaired) electrons. The average Bonchev–Trinajstić information content (AvgIpc) is 2.92. The van der Waals surface area contributed by atoms with Crippen molar-refractivity contribution in [3.63, 3.8) is 0 Å².